The normalized spacial score (nSPS) is 16.4. The number of benzene rings is 2. The molecule has 0 spiro atoms. The third-order valence-electron chi connectivity index (χ3n) is 4.26. The third-order valence-corrected chi connectivity index (χ3v) is 4.26. The minimum absolute atomic E-state index is 0.0955. The molecule has 0 radical (unpaired) electrons. The predicted octanol–water partition coefficient (Wildman–Crippen LogP) is 2.40. The number of carbonyl (C=O) groups is 2. The molecule has 2 N–H and O–H groups in total. The van der Waals surface area contributed by atoms with Gasteiger partial charge in [0, 0.05) is 24.7 Å². The zero-order valence-electron chi connectivity index (χ0n) is 14.1. The Morgan fingerprint density at radius 3 is 2.58 bits per heavy atom. The first-order valence-corrected chi connectivity index (χ1v) is 8.12. The summed E-state index contributed by atoms with van der Waals surface area (Å²) in [5, 5.41) is 11.0. The molecule has 8 nitrogen and oxygen atoms in total. The lowest BCUT2D eigenvalue weighted by molar-refractivity contribution is -0.384. The van der Waals surface area contributed by atoms with Crippen LogP contribution in [0.2, 0.25) is 0 Å². The summed E-state index contributed by atoms with van der Waals surface area (Å²) < 4.78 is 0. The molecule has 3 rings (SSSR count). The Morgan fingerprint density at radius 1 is 1.19 bits per heavy atom. The van der Waals surface area contributed by atoms with Gasteiger partial charge in [-0.15, -0.1) is 0 Å². The summed E-state index contributed by atoms with van der Waals surface area (Å²) >= 11 is 0. The van der Waals surface area contributed by atoms with Crippen LogP contribution < -0.4 is 15.8 Å². The van der Waals surface area contributed by atoms with Crippen LogP contribution in [-0.2, 0) is 9.59 Å². The SMILES string of the molecule is Cc1ccc(N2CC(C(=O)NNc3ccccc3[N+](=O)[O-])CC2=O)cc1. The maximum absolute atomic E-state index is 12.4. The second kappa shape index (κ2) is 7.22. The molecular formula is C18H18N4O4. The third kappa shape index (κ3) is 3.64. The highest BCUT2D eigenvalue weighted by atomic mass is 16.6. The van der Waals surface area contributed by atoms with Gasteiger partial charge in [0.2, 0.25) is 11.8 Å². The van der Waals surface area contributed by atoms with Gasteiger partial charge in [0.25, 0.3) is 5.69 Å². The second-order valence-corrected chi connectivity index (χ2v) is 6.13. The summed E-state index contributed by atoms with van der Waals surface area (Å²) in [5.41, 5.74) is 6.93. The van der Waals surface area contributed by atoms with Crippen molar-refractivity contribution in [3.63, 3.8) is 0 Å². The molecule has 1 aliphatic heterocycles. The summed E-state index contributed by atoms with van der Waals surface area (Å²) in [6, 6.07) is 13.5. The number of nitro groups is 1. The Bertz CT molecular complexity index is 851. The molecule has 0 bridgehead atoms. The predicted molar refractivity (Wildman–Crippen MR) is 96.5 cm³/mol. The van der Waals surface area contributed by atoms with Crippen molar-refractivity contribution in [3.8, 4) is 0 Å². The lowest BCUT2D eigenvalue weighted by atomic mass is 10.1. The summed E-state index contributed by atoms with van der Waals surface area (Å²) in [7, 11) is 0. The van der Waals surface area contributed by atoms with Crippen molar-refractivity contribution in [1.29, 1.82) is 0 Å². The Kier molecular flexibility index (Phi) is 4.83. The van der Waals surface area contributed by atoms with Crippen molar-refractivity contribution in [2.75, 3.05) is 16.9 Å². The standard InChI is InChI=1S/C18H18N4O4/c1-12-6-8-14(9-7-12)21-11-13(10-17(21)23)18(24)20-19-15-4-2-3-5-16(15)22(25)26/h2-9,13,19H,10-11H2,1H3,(H,20,24). The van der Waals surface area contributed by atoms with Gasteiger partial charge in [0.15, 0.2) is 0 Å². The van der Waals surface area contributed by atoms with Gasteiger partial charge in [-0.1, -0.05) is 29.8 Å². The molecule has 134 valence electrons. The second-order valence-electron chi connectivity index (χ2n) is 6.13. The maximum Gasteiger partial charge on any atom is 0.294 e. The van der Waals surface area contributed by atoms with Crippen LogP contribution in [-0.4, -0.2) is 23.3 Å². The van der Waals surface area contributed by atoms with E-state index in [4.69, 9.17) is 0 Å². The van der Waals surface area contributed by atoms with E-state index in [1.54, 1.807) is 17.0 Å². The molecule has 1 heterocycles. The van der Waals surface area contributed by atoms with E-state index in [1.165, 1.54) is 12.1 Å². The van der Waals surface area contributed by atoms with Gasteiger partial charge in [-0.25, -0.2) is 0 Å². The van der Waals surface area contributed by atoms with Crippen LogP contribution >= 0.6 is 0 Å². The fourth-order valence-corrected chi connectivity index (χ4v) is 2.83. The lowest BCUT2D eigenvalue weighted by Gasteiger charge is -2.17. The van der Waals surface area contributed by atoms with Crippen molar-refractivity contribution in [2.24, 2.45) is 5.92 Å². The van der Waals surface area contributed by atoms with Gasteiger partial charge in [0.1, 0.15) is 5.69 Å². The summed E-state index contributed by atoms with van der Waals surface area (Å²) in [6.07, 6.45) is 0.0955. The van der Waals surface area contributed by atoms with E-state index >= 15 is 0 Å². The van der Waals surface area contributed by atoms with Gasteiger partial charge >= 0.3 is 0 Å². The number of nitro benzene ring substituents is 1. The molecule has 2 amide bonds. The number of aryl methyl sites for hydroxylation is 1. The topological polar surface area (TPSA) is 105 Å². The Labute approximate surface area is 149 Å². The first-order chi connectivity index (χ1) is 12.5. The highest BCUT2D eigenvalue weighted by molar-refractivity contribution is 6.00. The number of rotatable bonds is 5. The monoisotopic (exact) mass is 354 g/mol. The summed E-state index contributed by atoms with van der Waals surface area (Å²) in [4.78, 5) is 36.6. The molecule has 1 saturated heterocycles. The van der Waals surface area contributed by atoms with E-state index in [2.05, 4.69) is 10.9 Å². The number of anilines is 2. The van der Waals surface area contributed by atoms with E-state index in [0.717, 1.165) is 11.3 Å². The van der Waals surface area contributed by atoms with E-state index in [9.17, 15) is 19.7 Å². The molecular weight excluding hydrogens is 336 g/mol. The van der Waals surface area contributed by atoms with Crippen molar-refractivity contribution in [3.05, 3.63) is 64.2 Å². The minimum atomic E-state index is -0.535. The van der Waals surface area contributed by atoms with E-state index in [-0.39, 0.29) is 36.2 Å². The van der Waals surface area contributed by atoms with Crippen LogP contribution in [0.5, 0.6) is 0 Å². The molecule has 1 fully saturated rings. The molecule has 2 aromatic rings. The van der Waals surface area contributed by atoms with Crippen molar-refractivity contribution >= 4 is 28.9 Å². The van der Waals surface area contributed by atoms with Gasteiger partial charge in [-0.05, 0) is 25.1 Å². The largest absolute Gasteiger partial charge is 0.312 e. The average molecular weight is 354 g/mol. The smallest absolute Gasteiger partial charge is 0.294 e. The zero-order chi connectivity index (χ0) is 18.7. The number of nitrogens with one attached hydrogen (secondary N) is 2. The average Bonchev–Trinajstić information content (AvgIpc) is 3.02. The van der Waals surface area contributed by atoms with Crippen LogP contribution in [0.4, 0.5) is 17.1 Å². The summed E-state index contributed by atoms with van der Waals surface area (Å²) in [5.74, 6) is -1.04. The van der Waals surface area contributed by atoms with Gasteiger partial charge in [-0.3, -0.25) is 30.6 Å². The Morgan fingerprint density at radius 2 is 1.88 bits per heavy atom. The van der Waals surface area contributed by atoms with Gasteiger partial charge in [-0.2, -0.15) is 0 Å². The number of nitrogens with zero attached hydrogens (tertiary/aromatic N) is 2. The Hall–Kier alpha value is -3.42. The lowest BCUT2D eigenvalue weighted by Crippen LogP contribution is -2.36. The quantitative estimate of drug-likeness (QED) is 0.634. The number of amides is 2. The highest BCUT2D eigenvalue weighted by Crippen LogP contribution is 2.26. The van der Waals surface area contributed by atoms with E-state index in [0.29, 0.717) is 0 Å². The minimum Gasteiger partial charge on any atom is -0.312 e. The first-order valence-electron chi connectivity index (χ1n) is 8.12. The summed E-state index contributed by atoms with van der Waals surface area (Å²) in [6.45, 7) is 2.23. The number of hydrogen-bond acceptors (Lipinski definition) is 5. The van der Waals surface area contributed by atoms with Gasteiger partial charge in [0.05, 0.1) is 10.8 Å². The first kappa shape index (κ1) is 17.4. The molecule has 1 aliphatic rings. The van der Waals surface area contributed by atoms with Gasteiger partial charge < -0.3 is 4.90 Å². The fourth-order valence-electron chi connectivity index (χ4n) is 2.83. The number of hydrazine groups is 1. The van der Waals surface area contributed by atoms with Crippen LogP contribution in [0.3, 0.4) is 0 Å². The molecule has 1 atom stereocenters. The number of hydrogen-bond donors (Lipinski definition) is 2. The molecule has 26 heavy (non-hydrogen) atoms. The molecule has 0 saturated carbocycles. The van der Waals surface area contributed by atoms with Crippen molar-refractivity contribution in [2.45, 2.75) is 13.3 Å². The molecule has 1 unspecified atom stereocenters. The van der Waals surface area contributed by atoms with Crippen LogP contribution in [0.15, 0.2) is 48.5 Å². The maximum atomic E-state index is 12.4. The van der Waals surface area contributed by atoms with Crippen LogP contribution in [0.1, 0.15) is 12.0 Å². The van der Waals surface area contributed by atoms with Crippen molar-refractivity contribution < 1.29 is 14.5 Å². The van der Waals surface area contributed by atoms with Crippen molar-refractivity contribution in [1.82, 2.24) is 5.43 Å². The molecule has 8 heteroatoms. The molecule has 0 aliphatic carbocycles. The zero-order valence-corrected chi connectivity index (χ0v) is 14.1. The fraction of sp³-hybridized carbons (Fsp3) is 0.222. The van der Waals surface area contributed by atoms with Crippen LogP contribution in [0, 0.1) is 23.0 Å². The van der Waals surface area contributed by atoms with E-state index in [1.807, 2.05) is 31.2 Å². The van der Waals surface area contributed by atoms with E-state index < -0.39 is 10.8 Å². The highest BCUT2D eigenvalue weighted by Gasteiger charge is 2.35. The molecule has 2 aromatic carbocycles. The Balaban J connectivity index is 1.64. The number of para-hydroxylation sites is 2. The number of carbonyl (C=O) groups excluding carboxylic acids is 2. The molecule has 0 aromatic heterocycles. The van der Waals surface area contributed by atoms with Crippen LogP contribution in [0.25, 0.3) is 0 Å².